The lowest BCUT2D eigenvalue weighted by Gasteiger charge is -2.24. The lowest BCUT2D eigenvalue weighted by molar-refractivity contribution is 0.0985. The minimum absolute atomic E-state index is 0.138. The minimum Gasteiger partial charge on any atom is -0.305 e. The zero-order valence-electron chi connectivity index (χ0n) is 15.9. The van der Waals surface area contributed by atoms with Crippen molar-refractivity contribution >= 4 is 17.5 Å². The predicted octanol–water partition coefficient (Wildman–Crippen LogP) is 3.94. The number of carbonyl (C=O) groups is 2. The molecule has 4 rings (SSSR count). The van der Waals surface area contributed by atoms with Crippen LogP contribution in [0.1, 0.15) is 57.4 Å². The largest absolute Gasteiger partial charge is 0.305 e. The first-order chi connectivity index (χ1) is 13.5. The van der Waals surface area contributed by atoms with Crippen molar-refractivity contribution in [2.45, 2.75) is 33.0 Å². The molecule has 1 unspecified atom stereocenters. The Morgan fingerprint density at radius 2 is 1.71 bits per heavy atom. The Morgan fingerprint density at radius 1 is 1.04 bits per heavy atom. The SMILES string of the molecule is CC(=O)c1ccccc1C(=O)Nc1n[nH]c2c1CN(C(C)c1ccccc1)C2. The van der Waals surface area contributed by atoms with Gasteiger partial charge in [-0.3, -0.25) is 19.6 Å². The van der Waals surface area contributed by atoms with Crippen LogP contribution < -0.4 is 5.32 Å². The normalized spacial score (nSPS) is 14.5. The summed E-state index contributed by atoms with van der Waals surface area (Å²) in [6.07, 6.45) is 0. The van der Waals surface area contributed by atoms with Crippen LogP contribution in [0.25, 0.3) is 0 Å². The molecule has 0 radical (unpaired) electrons. The van der Waals surface area contributed by atoms with Crippen LogP contribution in [0.2, 0.25) is 0 Å². The Morgan fingerprint density at radius 3 is 2.43 bits per heavy atom. The van der Waals surface area contributed by atoms with Gasteiger partial charge in [-0.15, -0.1) is 0 Å². The Labute approximate surface area is 163 Å². The predicted molar refractivity (Wildman–Crippen MR) is 107 cm³/mol. The number of fused-ring (bicyclic) bond motifs is 1. The second kappa shape index (κ2) is 7.40. The van der Waals surface area contributed by atoms with E-state index in [0.29, 0.717) is 23.5 Å². The molecule has 1 aromatic heterocycles. The van der Waals surface area contributed by atoms with Gasteiger partial charge in [-0.2, -0.15) is 5.10 Å². The van der Waals surface area contributed by atoms with Gasteiger partial charge in [-0.25, -0.2) is 0 Å². The second-order valence-electron chi connectivity index (χ2n) is 7.08. The number of nitrogens with one attached hydrogen (secondary N) is 2. The summed E-state index contributed by atoms with van der Waals surface area (Å²) in [6, 6.07) is 17.4. The Bertz CT molecular complexity index is 1030. The van der Waals surface area contributed by atoms with E-state index in [4.69, 9.17) is 0 Å². The number of carbonyl (C=O) groups excluding carboxylic acids is 2. The highest BCUT2D eigenvalue weighted by atomic mass is 16.2. The third-order valence-corrected chi connectivity index (χ3v) is 5.29. The summed E-state index contributed by atoms with van der Waals surface area (Å²) in [5.74, 6) is 0.0663. The molecule has 1 aliphatic heterocycles. The Balaban J connectivity index is 1.52. The number of Topliss-reactive ketones (excluding diaryl/α,β-unsaturated/α-hetero) is 1. The van der Waals surface area contributed by atoms with Gasteiger partial charge in [0.2, 0.25) is 0 Å². The summed E-state index contributed by atoms with van der Waals surface area (Å²) in [6.45, 7) is 5.08. The molecule has 1 atom stereocenters. The molecule has 1 amide bonds. The third kappa shape index (κ3) is 3.34. The minimum atomic E-state index is -0.324. The quantitative estimate of drug-likeness (QED) is 0.663. The Kier molecular flexibility index (Phi) is 4.79. The number of aromatic nitrogens is 2. The molecule has 1 aliphatic rings. The van der Waals surface area contributed by atoms with E-state index >= 15 is 0 Å². The van der Waals surface area contributed by atoms with Crippen LogP contribution in [0.5, 0.6) is 0 Å². The van der Waals surface area contributed by atoms with E-state index < -0.39 is 0 Å². The number of hydrogen-bond donors (Lipinski definition) is 2. The highest BCUT2D eigenvalue weighted by Gasteiger charge is 2.29. The van der Waals surface area contributed by atoms with Crippen LogP contribution in [0.4, 0.5) is 5.82 Å². The lowest BCUT2D eigenvalue weighted by Crippen LogP contribution is -2.22. The molecule has 6 heteroatoms. The van der Waals surface area contributed by atoms with Crippen LogP contribution in [-0.4, -0.2) is 26.8 Å². The number of benzene rings is 2. The first-order valence-corrected chi connectivity index (χ1v) is 9.31. The fourth-order valence-corrected chi connectivity index (χ4v) is 3.65. The van der Waals surface area contributed by atoms with Gasteiger partial charge in [0, 0.05) is 30.3 Å². The van der Waals surface area contributed by atoms with E-state index in [2.05, 4.69) is 39.5 Å². The van der Waals surface area contributed by atoms with Gasteiger partial charge >= 0.3 is 0 Å². The van der Waals surface area contributed by atoms with Gasteiger partial charge in [-0.1, -0.05) is 48.5 Å². The standard InChI is InChI=1S/C22H22N4O2/c1-14(16-8-4-3-5-9-16)26-12-19-20(13-26)24-25-21(19)23-22(28)18-11-7-6-10-17(18)15(2)27/h3-11,14H,12-13H2,1-2H3,(H2,23,24,25,28). The highest BCUT2D eigenvalue weighted by molar-refractivity contribution is 6.12. The molecule has 0 saturated carbocycles. The number of aromatic amines is 1. The summed E-state index contributed by atoms with van der Waals surface area (Å²) in [5, 5.41) is 10.2. The maximum atomic E-state index is 12.7. The first kappa shape index (κ1) is 18.1. The number of anilines is 1. The van der Waals surface area contributed by atoms with Crippen molar-refractivity contribution in [2.75, 3.05) is 5.32 Å². The number of nitrogens with zero attached hydrogens (tertiary/aromatic N) is 2. The fourth-order valence-electron chi connectivity index (χ4n) is 3.65. The van der Waals surface area contributed by atoms with E-state index in [0.717, 1.165) is 17.8 Å². The van der Waals surface area contributed by atoms with Gasteiger partial charge in [0.25, 0.3) is 5.91 Å². The average Bonchev–Trinajstić information content (AvgIpc) is 3.30. The molecule has 2 N–H and O–H groups in total. The number of rotatable bonds is 5. The molecule has 0 saturated heterocycles. The molecule has 142 valence electrons. The fraction of sp³-hybridized carbons (Fsp3) is 0.227. The summed E-state index contributed by atoms with van der Waals surface area (Å²) >= 11 is 0. The van der Waals surface area contributed by atoms with Crippen LogP contribution >= 0.6 is 0 Å². The number of hydrogen-bond acceptors (Lipinski definition) is 4. The Hall–Kier alpha value is -3.25. The van der Waals surface area contributed by atoms with Gasteiger partial charge in [-0.05, 0) is 25.5 Å². The van der Waals surface area contributed by atoms with Gasteiger partial charge in [0.15, 0.2) is 11.6 Å². The maximum Gasteiger partial charge on any atom is 0.257 e. The smallest absolute Gasteiger partial charge is 0.257 e. The molecule has 0 fully saturated rings. The lowest BCUT2D eigenvalue weighted by atomic mass is 10.0. The van der Waals surface area contributed by atoms with E-state index in [1.54, 1.807) is 24.3 Å². The van der Waals surface area contributed by atoms with Crippen molar-refractivity contribution in [1.29, 1.82) is 0 Å². The van der Waals surface area contributed by atoms with E-state index in [1.807, 2.05) is 18.2 Å². The first-order valence-electron chi connectivity index (χ1n) is 9.31. The van der Waals surface area contributed by atoms with Crippen LogP contribution in [0, 0.1) is 0 Å². The van der Waals surface area contributed by atoms with Gasteiger partial charge < -0.3 is 5.32 Å². The molecular formula is C22H22N4O2. The molecule has 3 aromatic rings. The number of ketones is 1. The summed E-state index contributed by atoms with van der Waals surface area (Å²) < 4.78 is 0. The van der Waals surface area contributed by atoms with Crippen LogP contribution in [0.3, 0.4) is 0 Å². The van der Waals surface area contributed by atoms with Crippen LogP contribution in [0.15, 0.2) is 54.6 Å². The molecule has 28 heavy (non-hydrogen) atoms. The summed E-state index contributed by atoms with van der Waals surface area (Å²) in [5.41, 5.74) is 4.03. The third-order valence-electron chi connectivity index (χ3n) is 5.29. The average molecular weight is 374 g/mol. The van der Waals surface area contributed by atoms with Crippen molar-refractivity contribution in [3.05, 3.63) is 82.5 Å². The van der Waals surface area contributed by atoms with Crippen molar-refractivity contribution in [2.24, 2.45) is 0 Å². The van der Waals surface area contributed by atoms with Crippen molar-refractivity contribution < 1.29 is 9.59 Å². The topological polar surface area (TPSA) is 78.1 Å². The molecule has 6 nitrogen and oxygen atoms in total. The molecule has 2 aromatic carbocycles. The van der Waals surface area contributed by atoms with Crippen molar-refractivity contribution in [3.63, 3.8) is 0 Å². The molecule has 0 bridgehead atoms. The molecular weight excluding hydrogens is 352 g/mol. The monoisotopic (exact) mass is 374 g/mol. The maximum absolute atomic E-state index is 12.7. The van der Waals surface area contributed by atoms with Gasteiger partial charge in [0.1, 0.15) is 0 Å². The molecule has 0 spiro atoms. The van der Waals surface area contributed by atoms with E-state index in [1.165, 1.54) is 12.5 Å². The number of amides is 1. The second-order valence-corrected chi connectivity index (χ2v) is 7.08. The highest BCUT2D eigenvalue weighted by Crippen LogP contribution is 2.33. The number of H-pyrrole nitrogens is 1. The van der Waals surface area contributed by atoms with Crippen molar-refractivity contribution in [3.8, 4) is 0 Å². The van der Waals surface area contributed by atoms with Crippen LogP contribution in [-0.2, 0) is 13.1 Å². The zero-order chi connectivity index (χ0) is 19.7. The zero-order valence-corrected chi connectivity index (χ0v) is 15.9. The summed E-state index contributed by atoms with van der Waals surface area (Å²) in [7, 11) is 0. The molecule has 0 aliphatic carbocycles. The van der Waals surface area contributed by atoms with E-state index in [9.17, 15) is 9.59 Å². The molecule has 2 heterocycles. The van der Waals surface area contributed by atoms with Gasteiger partial charge in [0.05, 0.1) is 11.3 Å². The van der Waals surface area contributed by atoms with Crippen molar-refractivity contribution in [1.82, 2.24) is 15.1 Å². The summed E-state index contributed by atoms with van der Waals surface area (Å²) in [4.78, 5) is 26.9. The van der Waals surface area contributed by atoms with E-state index in [-0.39, 0.29) is 17.7 Å².